The fourth-order valence-electron chi connectivity index (χ4n) is 2.38. The summed E-state index contributed by atoms with van der Waals surface area (Å²) in [4.78, 5) is 0. The molecule has 0 aliphatic rings. The Labute approximate surface area is 99.5 Å². The van der Waals surface area contributed by atoms with Gasteiger partial charge < -0.3 is 5.11 Å². The number of rotatable bonds is 4. The lowest BCUT2D eigenvalue weighted by molar-refractivity contribution is 0.460. The number of unbranched alkanes of at least 4 members (excludes halogenated alkanes) is 1. The van der Waals surface area contributed by atoms with Crippen LogP contribution in [0.4, 0.5) is 0 Å². The zero-order chi connectivity index (χ0) is 12.3. The Balaban J connectivity index is 3.33. The second-order valence-corrected chi connectivity index (χ2v) is 4.64. The van der Waals surface area contributed by atoms with E-state index >= 15 is 0 Å². The van der Waals surface area contributed by atoms with Crippen LogP contribution in [0.1, 0.15) is 54.5 Å². The summed E-state index contributed by atoms with van der Waals surface area (Å²) in [6.45, 7) is 10.7. The molecule has 0 aliphatic heterocycles. The van der Waals surface area contributed by atoms with Crippen molar-refractivity contribution in [3.63, 3.8) is 0 Å². The monoisotopic (exact) mass is 220 g/mol. The van der Waals surface area contributed by atoms with Crippen LogP contribution in [0.3, 0.4) is 0 Å². The Morgan fingerprint density at radius 3 is 2.00 bits per heavy atom. The van der Waals surface area contributed by atoms with E-state index in [-0.39, 0.29) is 0 Å². The van der Waals surface area contributed by atoms with E-state index in [9.17, 15) is 5.11 Å². The summed E-state index contributed by atoms with van der Waals surface area (Å²) in [5.74, 6) is 0.536. The maximum absolute atomic E-state index is 10.2. The normalized spacial score (nSPS) is 10.8. The highest BCUT2D eigenvalue weighted by molar-refractivity contribution is 5.53. The largest absolute Gasteiger partial charge is 0.507 e. The lowest BCUT2D eigenvalue weighted by Crippen LogP contribution is -2.02. The first-order valence-corrected chi connectivity index (χ1v) is 6.34. The van der Waals surface area contributed by atoms with Gasteiger partial charge >= 0.3 is 0 Å². The number of phenols is 1. The second kappa shape index (κ2) is 5.38. The zero-order valence-electron chi connectivity index (χ0n) is 11.3. The van der Waals surface area contributed by atoms with E-state index in [1.807, 2.05) is 6.92 Å². The fourth-order valence-corrected chi connectivity index (χ4v) is 2.38. The van der Waals surface area contributed by atoms with Crippen LogP contribution in [-0.4, -0.2) is 5.11 Å². The van der Waals surface area contributed by atoms with E-state index in [4.69, 9.17) is 0 Å². The molecule has 0 unspecified atom stereocenters. The molecule has 0 saturated carbocycles. The number of benzene rings is 1. The molecule has 1 heteroatoms. The van der Waals surface area contributed by atoms with Gasteiger partial charge in [-0.1, -0.05) is 20.3 Å². The molecule has 0 spiro atoms. The summed E-state index contributed by atoms with van der Waals surface area (Å²) in [7, 11) is 0. The molecule has 0 bridgehead atoms. The van der Waals surface area contributed by atoms with E-state index in [1.54, 1.807) is 0 Å². The van der Waals surface area contributed by atoms with Gasteiger partial charge in [-0.05, 0) is 67.9 Å². The molecule has 0 heterocycles. The van der Waals surface area contributed by atoms with Crippen LogP contribution in [0.15, 0.2) is 0 Å². The van der Waals surface area contributed by atoms with E-state index < -0.39 is 0 Å². The number of phenolic OH excluding ortho intramolecular Hbond substituents is 1. The Kier molecular flexibility index (Phi) is 4.40. The molecule has 1 aromatic rings. The molecular formula is C15H24O. The zero-order valence-corrected chi connectivity index (χ0v) is 11.3. The minimum atomic E-state index is 0.536. The van der Waals surface area contributed by atoms with Gasteiger partial charge in [0.2, 0.25) is 0 Å². The van der Waals surface area contributed by atoms with Crippen LogP contribution in [0.25, 0.3) is 0 Å². The van der Waals surface area contributed by atoms with E-state index in [2.05, 4.69) is 27.7 Å². The molecule has 1 aromatic carbocycles. The minimum Gasteiger partial charge on any atom is -0.507 e. The van der Waals surface area contributed by atoms with Gasteiger partial charge in [0.1, 0.15) is 5.75 Å². The van der Waals surface area contributed by atoms with Gasteiger partial charge in [-0.2, -0.15) is 0 Å². The Hall–Kier alpha value is -0.980. The van der Waals surface area contributed by atoms with Crippen molar-refractivity contribution in [3.05, 3.63) is 27.8 Å². The molecular weight excluding hydrogens is 196 g/mol. The van der Waals surface area contributed by atoms with E-state index in [0.29, 0.717) is 5.75 Å². The third-order valence-corrected chi connectivity index (χ3v) is 3.72. The van der Waals surface area contributed by atoms with Crippen LogP contribution in [0.5, 0.6) is 5.75 Å². The van der Waals surface area contributed by atoms with Gasteiger partial charge in [0.05, 0.1) is 0 Å². The topological polar surface area (TPSA) is 20.2 Å². The number of hydrogen-bond acceptors (Lipinski definition) is 1. The maximum atomic E-state index is 10.2. The number of aromatic hydroxyl groups is 1. The lowest BCUT2D eigenvalue weighted by atomic mass is 9.89. The van der Waals surface area contributed by atoms with Crippen molar-refractivity contribution in [1.82, 2.24) is 0 Å². The van der Waals surface area contributed by atoms with Gasteiger partial charge in [-0.25, -0.2) is 0 Å². The van der Waals surface area contributed by atoms with Crippen molar-refractivity contribution in [2.45, 2.75) is 60.3 Å². The fraction of sp³-hybridized carbons (Fsp3) is 0.600. The summed E-state index contributed by atoms with van der Waals surface area (Å²) < 4.78 is 0. The summed E-state index contributed by atoms with van der Waals surface area (Å²) in [6.07, 6.45) is 4.35. The Morgan fingerprint density at radius 2 is 1.50 bits per heavy atom. The van der Waals surface area contributed by atoms with Crippen molar-refractivity contribution >= 4 is 0 Å². The van der Waals surface area contributed by atoms with Gasteiger partial charge in [0, 0.05) is 0 Å². The molecule has 0 amide bonds. The molecule has 1 rings (SSSR count). The van der Waals surface area contributed by atoms with Gasteiger partial charge in [0.25, 0.3) is 0 Å². The van der Waals surface area contributed by atoms with Crippen LogP contribution in [0.2, 0.25) is 0 Å². The van der Waals surface area contributed by atoms with Crippen molar-refractivity contribution in [2.24, 2.45) is 0 Å². The average Bonchev–Trinajstić information content (AvgIpc) is 2.29. The van der Waals surface area contributed by atoms with Crippen LogP contribution < -0.4 is 0 Å². The molecule has 0 radical (unpaired) electrons. The molecule has 0 atom stereocenters. The first-order chi connectivity index (χ1) is 7.54. The highest BCUT2D eigenvalue weighted by Gasteiger charge is 2.15. The molecule has 0 saturated heterocycles. The van der Waals surface area contributed by atoms with Crippen molar-refractivity contribution in [2.75, 3.05) is 0 Å². The summed E-state index contributed by atoms with van der Waals surface area (Å²) >= 11 is 0. The van der Waals surface area contributed by atoms with Gasteiger partial charge in [-0.3, -0.25) is 0 Å². The van der Waals surface area contributed by atoms with Crippen LogP contribution in [-0.2, 0) is 12.8 Å². The SMILES string of the molecule is CCCCc1c(O)c(C)c(C)c(C)c1CC. The molecule has 0 aromatic heterocycles. The molecule has 1 N–H and O–H groups in total. The maximum Gasteiger partial charge on any atom is 0.122 e. The molecule has 90 valence electrons. The summed E-state index contributed by atoms with van der Waals surface area (Å²) in [5, 5.41) is 10.2. The lowest BCUT2D eigenvalue weighted by Gasteiger charge is -2.18. The standard InChI is InChI=1S/C15H24O/c1-6-8-9-14-13(7-2)11(4)10(3)12(5)15(14)16/h16H,6-9H2,1-5H3. The van der Waals surface area contributed by atoms with Gasteiger partial charge in [-0.15, -0.1) is 0 Å². The van der Waals surface area contributed by atoms with Gasteiger partial charge in [0.15, 0.2) is 0 Å². The quantitative estimate of drug-likeness (QED) is 0.805. The first kappa shape index (κ1) is 13.1. The first-order valence-electron chi connectivity index (χ1n) is 6.34. The third-order valence-electron chi connectivity index (χ3n) is 3.72. The highest BCUT2D eigenvalue weighted by Crippen LogP contribution is 2.33. The minimum absolute atomic E-state index is 0.536. The predicted molar refractivity (Wildman–Crippen MR) is 70.3 cm³/mol. The Bertz CT molecular complexity index is 378. The summed E-state index contributed by atoms with van der Waals surface area (Å²) in [6, 6.07) is 0. The molecule has 1 nitrogen and oxygen atoms in total. The second-order valence-electron chi connectivity index (χ2n) is 4.64. The molecule has 0 aliphatic carbocycles. The highest BCUT2D eigenvalue weighted by atomic mass is 16.3. The number of hydrogen-bond donors (Lipinski definition) is 1. The van der Waals surface area contributed by atoms with Crippen molar-refractivity contribution in [1.29, 1.82) is 0 Å². The van der Waals surface area contributed by atoms with Crippen molar-refractivity contribution < 1.29 is 5.11 Å². The van der Waals surface area contributed by atoms with Crippen molar-refractivity contribution in [3.8, 4) is 5.75 Å². The van der Waals surface area contributed by atoms with E-state index in [1.165, 1.54) is 28.7 Å². The molecule has 16 heavy (non-hydrogen) atoms. The predicted octanol–water partition coefficient (Wildman–Crippen LogP) is 4.22. The average molecular weight is 220 g/mol. The van der Waals surface area contributed by atoms with E-state index in [0.717, 1.165) is 24.8 Å². The Morgan fingerprint density at radius 1 is 0.875 bits per heavy atom. The van der Waals surface area contributed by atoms with Crippen LogP contribution in [0, 0.1) is 20.8 Å². The molecule has 0 fully saturated rings. The summed E-state index contributed by atoms with van der Waals surface area (Å²) in [5.41, 5.74) is 6.21. The third kappa shape index (κ3) is 2.23. The van der Waals surface area contributed by atoms with Crippen LogP contribution >= 0.6 is 0 Å². The smallest absolute Gasteiger partial charge is 0.122 e.